The Morgan fingerprint density at radius 3 is 2.80 bits per heavy atom. The largest absolute Gasteiger partial charge is 0.481 e. The molecule has 1 saturated carbocycles. The lowest BCUT2D eigenvalue weighted by Gasteiger charge is -2.41. The highest BCUT2D eigenvalue weighted by Crippen LogP contribution is 2.42. The molecule has 1 unspecified atom stereocenters. The molecule has 0 bridgehead atoms. The third kappa shape index (κ3) is 3.79. The first-order valence-corrected chi connectivity index (χ1v) is 8.18. The molecule has 1 atom stereocenters. The molecule has 114 valence electrons. The maximum atomic E-state index is 12.1. The fourth-order valence-corrected chi connectivity index (χ4v) is 3.51. The van der Waals surface area contributed by atoms with Crippen molar-refractivity contribution in [3.63, 3.8) is 0 Å². The number of hydrogen-bond acceptors (Lipinski definition) is 4. The van der Waals surface area contributed by atoms with E-state index in [1.54, 1.807) is 4.90 Å². The van der Waals surface area contributed by atoms with Gasteiger partial charge in [-0.05, 0) is 19.1 Å². The smallest absolute Gasteiger partial charge is 0.317 e. The fraction of sp³-hybridized carbons (Fsp3) is 0.846. The Bertz CT molecular complexity index is 368. The van der Waals surface area contributed by atoms with Crippen LogP contribution in [0.15, 0.2) is 0 Å². The minimum atomic E-state index is -0.895. The molecule has 20 heavy (non-hydrogen) atoms. The van der Waals surface area contributed by atoms with Gasteiger partial charge in [0.2, 0.25) is 0 Å². The Morgan fingerprint density at radius 1 is 1.50 bits per heavy atom. The number of carbonyl (C=O) groups is 2. The fourth-order valence-electron chi connectivity index (χ4n) is 2.59. The molecule has 0 aromatic rings. The van der Waals surface area contributed by atoms with Gasteiger partial charge in [0, 0.05) is 24.4 Å². The number of thioether (sulfide) groups is 1. The van der Waals surface area contributed by atoms with Crippen LogP contribution in [-0.4, -0.2) is 65.4 Å². The van der Waals surface area contributed by atoms with Gasteiger partial charge in [-0.3, -0.25) is 4.79 Å². The monoisotopic (exact) mass is 302 g/mol. The second-order valence-corrected chi connectivity index (χ2v) is 6.71. The summed E-state index contributed by atoms with van der Waals surface area (Å²) in [5.74, 6) is -0.895. The topological polar surface area (TPSA) is 78.9 Å². The molecule has 2 N–H and O–H groups in total. The zero-order chi connectivity index (χ0) is 14.6. The van der Waals surface area contributed by atoms with E-state index in [-0.39, 0.29) is 17.2 Å². The first kappa shape index (κ1) is 15.4. The molecule has 0 radical (unpaired) electrons. The second kappa shape index (κ2) is 6.67. The average Bonchev–Trinajstić information content (AvgIpc) is 2.37. The van der Waals surface area contributed by atoms with Crippen LogP contribution in [-0.2, 0) is 9.53 Å². The minimum absolute atomic E-state index is 0.0570. The molecular formula is C13H22N2O4S. The van der Waals surface area contributed by atoms with E-state index in [1.165, 1.54) is 6.42 Å². The van der Waals surface area contributed by atoms with Crippen LogP contribution in [0.5, 0.6) is 0 Å². The molecule has 0 aromatic carbocycles. The van der Waals surface area contributed by atoms with Crippen molar-refractivity contribution in [2.45, 2.75) is 36.5 Å². The number of nitrogens with zero attached hydrogens (tertiary/aromatic N) is 1. The standard InChI is InChI=1S/C13H22N2O4S/c1-20-13(3-2-4-13)9-14-12(18)15-5-6-19-10(8-15)7-11(16)17/h10H,2-9H2,1H3,(H,14,18)(H,16,17). The summed E-state index contributed by atoms with van der Waals surface area (Å²) in [5.41, 5.74) is 0. The normalized spacial score (nSPS) is 24.9. The van der Waals surface area contributed by atoms with Gasteiger partial charge in [-0.15, -0.1) is 0 Å². The maximum Gasteiger partial charge on any atom is 0.317 e. The SMILES string of the molecule is CSC1(CNC(=O)N2CCOC(CC(=O)O)C2)CCC1. The van der Waals surface area contributed by atoms with Crippen molar-refractivity contribution in [3.8, 4) is 0 Å². The van der Waals surface area contributed by atoms with Crippen molar-refractivity contribution >= 4 is 23.8 Å². The molecule has 2 rings (SSSR count). The molecule has 0 spiro atoms. The predicted molar refractivity (Wildman–Crippen MR) is 77.1 cm³/mol. The van der Waals surface area contributed by atoms with E-state index in [2.05, 4.69) is 11.6 Å². The highest BCUT2D eigenvalue weighted by atomic mass is 32.2. The number of morpholine rings is 1. The lowest BCUT2D eigenvalue weighted by molar-refractivity contribution is -0.141. The number of urea groups is 1. The van der Waals surface area contributed by atoms with E-state index in [1.807, 2.05) is 11.8 Å². The van der Waals surface area contributed by atoms with Crippen LogP contribution >= 0.6 is 11.8 Å². The molecule has 1 heterocycles. The highest BCUT2D eigenvalue weighted by molar-refractivity contribution is 8.00. The lowest BCUT2D eigenvalue weighted by atomic mass is 9.84. The summed E-state index contributed by atoms with van der Waals surface area (Å²) in [4.78, 5) is 24.5. The number of aliphatic carboxylic acids is 1. The van der Waals surface area contributed by atoms with E-state index >= 15 is 0 Å². The number of carboxylic acid groups (broad SMARTS) is 1. The number of amides is 2. The van der Waals surface area contributed by atoms with Gasteiger partial charge in [-0.1, -0.05) is 6.42 Å². The summed E-state index contributed by atoms with van der Waals surface area (Å²) in [5, 5.41) is 11.8. The maximum absolute atomic E-state index is 12.1. The Kier molecular flexibility index (Phi) is 5.15. The number of nitrogens with one attached hydrogen (secondary N) is 1. The molecule has 7 heteroatoms. The number of carbonyl (C=O) groups excluding carboxylic acids is 1. The van der Waals surface area contributed by atoms with Gasteiger partial charge < -0.3 is 20.1 Å². The quantitative estimate of drug-likeness (QED) is 0.796. The number of hydrogen-bond donors (Lipinski definition) is 2. The molecule has 1 saturated heterocycles. The van der Waals surface area contributed by atoms with Gasteiger partial charge >= 0.3 is 12.0 Å². The summed E-state index contributed by atoms with van der Waals surface area (Å²) >= 11 is 1.82. The molecule has 1 aliphatic carbocycles. The van der Waals surface area contributed by atoms with Crippen molar-refractivity contribution in [1.82, 2.24) is 10.2 Å². The van der Waals surface area contributed by atoms with Crippen LogP contribution in [0.1, 0.15) is 25.7 Å². The molecule has 2 amide bonds. The molecule has 6 nitrogen and oxygen atoms in total. The van der Waals surface area contributed by atoms with E-state index in [9.17, 15) is 9.59 Å². The summed E-state index contributed by atoms with van der Waals surface area (Å²) in [6.07, 6.45) is 5.17. The number of ether oxygens (including phenoxy) is 1. The molecule has 2 fully saturated rings. The Labute approximate surface area is 123 Å². The van der Waals surface area contributed by atoms with Crippen LogP contribution in [0.25, 0.3) is 0 Å². The van der Waals surface area contributed by atoms with E-state index in [0.717, 1.165) is 12.8 Å². The van der Waals surface area contributed by atoms with Crippen LogP contribution in [0.3, 0.4) is 0 Å². The molecule has 0 aromatic heterocycles. The van der Waals surface area contributed by atoms with Crippen LogP contribution in [0, 0.1) is 0 Å². The van der Waals surface area contributed by atoms with E-state index in [4.69, 9.17) is 9.84 Å². The Hall–Kier alpha value is -0.950. The molecular weight excluding hydrogens is 280 g/mol. The zero-order valence-electron chi connectivity index (χ0n) is 11.8. The van der Waals surface area contributed by atoms with Crippen molar-refractivity contribution in [1.29, 1.82) is 0 Å². The number of carboxylic acids is 1. The highest BCUT2D eigenvalue weighted by Gasteiger charge is 2.37. The summed E-state index contributed by atoms with van der Waals surface area (Å²) < 4.78 is 5.57. The Morgan fingerprint density at radius 2 is 2.25 bits per heavy atom. The van der Waals surface area contributed by atoms with Gasteiger partial charge in [0.05, 0.1) is 19.1 Å². The summed E-state index contributed by atoms with van der Waals surface area (Å²) in [6, 6.07) is -0.107. The van der Waals surface area contributed by atoms with E-state index in [0.29, 0.717) is 26.2 Å². The first-order chi connectivity index (χ1) is 9.54. The van der Waals surface area contributed by atoms with Crippen molar-refractivity contribution in [2.24, 2.45) is 0 Å². The lowest BCUT2D eigenvalue weighted by Crippen LogP contribution is -2.53. The predicted octanol–water partition coefficient (Wildman–Crippen LogP) is 1.16. The minimum Gasteiger partial charge on any atom is -0.481 e. The molecule has 2 aliphatic rings. The zero-order valence-corrected chi connectivity index (χ0v) is 12.6. The molecule has 1 aliphatic heterocycles. The third-order valence-corrected chi connectivity index (χ3v) is 5.51. The first-order valence-electron chi connectivity index (χ1n) is 6.96. The second-order valence-electron chi connectivity index (χ2n) is 5.44. The van der Waals surface area contributed by atoms with Crippen molar-refractivity contribution < 1.29 is 19.4 Å². The third-order valence-electron chi connectivity index (χ3n) is 4.09. The van der Waals surface area contributed by atoms with E-state index < -0.39 is 12.1 Å². The van der Waals surface area contributed by atoms with Crippen LogP contribution < -0.4 is 5.32 Å². The van der Waals surface area contributed by atoms with Crippen molar-refractivity contribution in [3.05, 3.63) is 0 Å². The Balaban J connectivity index is 1.78. The number of rotatable bonds is 5. The van der Waals surface area contributed by atoms with Crippen molar-refractivity contribution in [2.75, 3.05) is 32.5 Å². The summed E-state index contributed by atoms with van der Waals surface area (Å²) in [7, 11) is 0. The van der Waals surface area contributed by atoms with Crippen LogP contribution in [0.2, 0.25) is 0 Å². The average molecular weight is 302 g/mol. The van der Waals surface area contributed by atoms with Crippen LogP contribution in [0.4, 0.5) is 4.79 Å². The van der Waals surface area contributed by atoms with Gasteiger partial charge in [0.1, 0.15) is 0 Å². The van der Waals surface area contributed by atoms with Gasteiger partial charge in [-0.2, -0.15) is 11.8 Å². The van der Waals surface area contributed by atoms with Gasteiger partial charge in [0.15, 0.2) is 0 Å². The summed E-state index contributed by atoms with van der Waals surface area (Å²) in [6.45, 7) is 1.96. The van der Waals surface area contributed by atoms with Gasteiger partial charge in [0.25, 0.3) is 0 Å². The van der Waals surface area contributed by atoms with Gasteiger partial charge in [-0.25, -0.2) is 4.79 Å².